The predicted octanol–water partition coefficient (Wildman–Crippen LogP) is 5.95. The quantitative estimate of drug-likeness (QED) is 0.553. The molecule has 0 heterocycles. The monoisotopic (exact) mass is 392 g/mol. The lowest BCUT2D eigenvalue weighted by Crippen LogP contribution is -2.10. The minimum atomic E-state index is -4.35. The summed E-state index contributed by atoms with van der Waals surface area (Å²) in [6, 6.07) is 12.8. The number of hydrogen-bond donors (Lipinski definition) is 0. The molecule has 2 rings (SSSR count). The highest BCUT2D eigenvalue weighted by molar-refractivity contribution is 9.10. The maximum absolute atomic E-state index is 13.0. The summed E-state index contributed by atoms with van der Waals surface area (Å²) in [7, 11) is 0. The van der Waals surface area contributed by atoms with Crippen LogP contribution in [-0.2, 0) is 6.18 Å². The van der Waals surface area contributed by atoms with E-state index in [1.807, 2.05) is 0 Å². The van der Waals surface area contributed by atoms with Gasteiger partial charge in [0.15, 0.2) is 0 Å². The fraction of sp³-hybridized carbons (Fsp3) is 0.143. The van der Waals surface area contributed by atoms with E-state index >= 15 is 0 Å². The Kier molecular flexibility index (Phi) is 4.36. The fourth-order valence-corrected chi connectivity index (χ4v) is 2.76. The minimum absolute atomic E-state index is 0.220. The van der Waals surface area contributed by atoms with Crippen molar-refractivity contribution in [1.29, 1.82) is 0 Å². The van der Waals surface area contributed by atoms with Crippen molar-refractivity contribution in [3.05, 3.63) is 69.7 Å². The summed E-state index contributed by atoms with van der Waals surface area (Å²) in [6.45, 7) is 0. The van der Waals surface area contributed by atoms with Crippen LogP contribution in [-0.4, -0.2) is 0 Å². The van der Waals surface area contributed by atoms with Crippen LogP contribution in [0.4, 0.5) is 13.2 Å². The fourth-order valence-electron chi connectivity index (χ4n) is 1.79. The Morgan fingerprint density at radius 1 is 0.895 bits per heavy atom. The third-order valence-electron chi connectivity index (χ3n) is 2.70. The van der Waals surface area contributed by atoms with Gasteiger partial charge in [-0.15, -0.1) is 0 Å². The van der Waals surface area contributed by atoms with Gasteiger partial charge >= 0.3 is 6.18 Å². The molecule has 19 heavy (non-hydrogen) atoms. The Bertz CT molecular complexity index is 562. The van der Waals surface area contributed by atoms with E-state index in [2.05, 4.69) is 31.9 Å². The van der Waals surface area contributed by atoms with E-state index in [-0.39, 0.29) is 5.56 Å². The first-order chi connectivity index (χ1) is 8.89. The van der Waals surface area contributed by atoms with E-state index in [1.54, 1.807) is 30.3 Å². The SMILES string of the molecule is FC(F)(F)c1ccccc1C(Br)c1ccc(Br)cc1. The molecular formula is C14H9Br2F3. The molecule has 0 aliphatic rings. The summed E-state index contributed by atoms with van der Waals surface area (Å²) >= 11 is 6.65. The van der Waals surface area contributed by atoms with Crippen LogP contribution in [0.5, 0.6) is 0 Å². The van der Waals surface area contributed by atoms with E-state index < -0.39 is 16.6 Å². The van der Waals surface area contributed by atoms with Crippen molar-refractivity contribution in [2.24, 2.45) is 0 Å². The number of rotatable bonds is 2. The average molecular weight is 394 g/mol. The second kappa shape index (κ2) is 5.67. The Morgan fingerprint density at radius 3 is 2.05 bits per heavy atom. The van der Waals surface area contributed by atoms with Crippen molar-refractivity contribution in [3.8, 4) is 0 Å². The number of halogens is 5. The molecular weight excluding hydrogens is 385 g/mol. The Hall–Kier alpha value is -0.810. The zero-order valence-electron chi connectivity index (χ0n) is 9.59. The topological polar surface area (TPSA) is 0 Å². The van der Waals surface area contributed by atoms with E-state index in [1.165, 1.54) is 12.1 Å². The number of hydrogen-bond acceptors (Lipinski definition) is 0. The highest BCUT2D eigenvalue weighted by Crippen LogP contribution is 2.40. The van der Waals surface area contributed by atoms with Crippen molar-refractivity contribution >= 4 is 31.9 Å². The Labute approximate surface area is 125 Å². The predicted molar refractivity (Wildman–Crippen MR) is 76.4 cm³/mol. The van der Waals surface area contributed by atoms with Crippen LogP contribution >= 0.6 is 31.9 Å². The third kappa shape index (κ3) is 3.39. The zero-order chi connectivity index (χ0) is 14.0. The second-order valence-electron chi connectivity index (χ2n) is 4.00. The Morgan fingerprint density at radius 2 is 1.47 bits per heavy atom. The van der Waals surface area contributed by atoms with Gasteiger partial charge in [-0.2, -0.15) is 13.2 Å². The molecule has 0 saturated heterocycles. The number of benzene rings is 2. The van der Waals surface area contributed by atoms with E-state index in [0.717, 1.165) is 16.1 Å². The van der Waals surface area contributed by atoms with Crippen LogP contribution in [0.3, 0.4) is 0 Å². The average Bonchev–Trinajstić information content (AvgIpc) is 2.38. The van der Waals surface area contributed by atoms with E-state index in [0.29, 0.717) is 0 Å². The minimum Gasteiger partial charge on any atom is -0.166 e. The van der Waals surface area contributed by atoms with Crippen LogP contribution in [0.25, 0.3) is 0 Å². The van der Waals surface area contributed by atoms with Gasteiger partial charge in [0, 0.05) is 4.47 Å². The molecule has 0 fully saturated rings. The molecule has 0 aliphatic heterocycles. The lowest BCUT2D eigenvalue weighted by molar-refractivity contribution is -0.138. The molecule has 1 unspecified atom stereocenters. The molecule has 0 spiro atoms. The molecule has 100 valence electrons. The van der Waals surface area contributed by atoms with Gasteiger partial charge in [-0.3, -0.25) is 0 Å². The van der Waals surface area contributed by atoms with Gasteiger partial charge in [-0.1, -0.05) is 62.2 Å². The standard InChI is InChI=1S/C14H9Br2F3/c15-10-7-5-9(6-8-10)13(16)11-3-1-2-4-12(11)14(17,18)19/h1-8,13H. The third-order valence-corrected chi connectivity index (χ3v) is 4.25. The molecule has 0 saturated carbocycles. The van der Waals surface area contributed by atoms with Crippen molar-refractivity contribution < 1.29 is 13.2 Å². The largest absolute Gasteiger partial charge is 0.416 e. The van der Waals surface area contributed by atoms with Gasteiger partial charge in [0.05, 0.1) is 10.4 Å². The van der Waals surface area contributed by atoms with Gasteiger partial charge in [-0.05, 0) is 29.3 Å². The molecule has 0 aliphatic carbocycles. The highest BCUT2D eigenvalue weighted by atomic mass is 79.9. The first-order valence-corrected chi connectivity index (χ1v) is 7.16. The summed E-state index contributed by atoms with van der Waals surface area (Å²) < 4.78 is 39.8. The summed E-state index contributed by atoms with van der Waals surface area (Å²) in [5.74, 6) is 0. The normalized spacial score (nSPS) is 13.3. The van der Waals surface area contributed by atoms with Crippen molar-refractivity contribution in [2.75, 3.05) is 0 Å². The lowest BCUT2D eigenvalue weighted by Gasteiger charge is -2.17. The molecule has 0 radical (unpaired) electrons. The first-order valence-electron chi connectivity index (χ1n) is 5.45. The summed E-state index contributed by atoms with van der Waals surface area (Å²) in [5.41, 5.74) is 0.386. The maximum atomic E-state index is 13.0. The van der Waals surface area contributed by atoms with Crippen molar-refractivity contribution in [1.82, 2.24) is 0 Å². The van der Waals surface area contributed by atoms with Gasteiger partial charge in [0.1, 0.15) is 0 Å². The lowest BCUT2D eigenvalue weighted by atomic mass is 9.99. The van der Waals surface area contributed by atoms with Gasteiger partial charge in [0.25, 0.3) is 0 Å². The van der Waals surface area contributed by atoms with Crippen LogP contribution in [0, 0.1) is 0 Å². The van der Waals surface area contributed by atoms with Crippen molar-refractivity contribution in [2.45, 2.75) is 11.0 Å². The zero-order valence-corrected chi connectivity index (χ0v) is 12.8. The maximum Gasteiger partial charge on any atom is 0.416 e. The summed E-state index contributed by atoms with van der Waals surface area (Å²) in [5, 5.41) is 0. The van der Waals surface area contributed by atoms with Crippen LogP contribution in [0.2, 0.25) is 0 Å². The van der Waals surface area contributed by atoms with E-state index in [4.69, 9.17) is 0 Å². The van der Waals surface area contributed by atoms with Gasteiger partial charge in [0.2, 0.25) is 0 Å². The Balaban J connectivity index is 2.44. The molecule has 0 nitrogen and oxygen atoms in total. The first kappa shape index (κ1) is 14.6. The molecule has 0 aromatic heterocycles. The molecule has 2 aromatic rings. The molecule has 0 bridgehead atoms. The summed E-state index contributed by atoms with van der Waals surface area (Å²) in [6.07, 6.45) is -4.35. The molecule has 5 heteroatoms. The molecule has 1 atom stereocenters. The van der Waals surface area contributed by atoms with E-state index in [9.17, 15) is 13.2 Å². The summed E-state index contributed by atoms with van der Waals surface area (Å²) in [4.78, 5) is -0.488. The molecule has 0 N–H and O–H groups in total. The van der Waals surface area contributed by atoms with Gasteiger partial charge < -0.3 is 0 Å². The second-order valence-corrected chi connectivity index (χ2v) is 5.83. The van der Waals surface area contributed by atoms with Crippen LogP contribution in [0.1, 0.15) is 21.5 Å². The smallest absolute Gasteiger partial charge is 0.166 e. The van der Waals surface area contributed by atoms with Crippen molar-refractivity contribution in [3.63, 3.8) is 0 Å². The number of alkyl halides is 4. The van der Waals surface area contributed by atoms with Crippen LogP contribution in [0.15, 0.2) is 53.0 Å². The molecule has 2 aromatic carbocycles. The highest BCUT2D eigenvalue weighted by Gasteiger charge is 2.34. The van der Waals surface area contributed by atoms with Crippen LogP contribution < -0.4 is 0 Å². The molecule has 0 amide bonds. The van der Waals surface area contributed by atoms with Gasteiger partial charge in [-0.25, -0.2) is 0 Å².